The summed E-state index contributed by atoms with van der Waals surface area (Å²) in [6.07, 6.45) is 0.824. The number of halogens is 2. The van der Waals surface area contributed by atoms with Gasteiger partial charge in [-0.25, -0.2) is 0 Å². The van der Waals surface area contributed by atoms with E-state index >= 15 is 0 Å². The molecule has 0 aliphatic carbocycles. The number of nitrogens with zero attached hydrogens (tertiary/aromatic N) is 1. The van der Waals surface area contributed by atoms with Crippen molar-refractivity contribution in [1.82, 2.24) is 15.5 Å². The summed E-state index contributed by atoms with van der Waals surface area (Å²) in [7, 11) is 0. The van der Waals surface area contributed by atoms with E-state index in [1.807, 2.05) is 0 Å². The first-order valence-corrected chi connectivity index (χ1v) is 7.05. The van der Waals surface area contributed by atoms with Crippen molar-refractivity contribution in [3.05, 3.63) is 0 Å². The van der Waals surface area contributed by atoms with Gasteiger partial charge in [-0.2, -0.15) is 0 Å². The van der Waals surface area contributed by atoms with E-state index < -0.39 is 0 Å². The number of hydrogen-bond acceptors (Lipinski definition) is 4. The lowest BCUT2D eigenvalue weighted by atomic mass is 9.94. The standard InChI is InChI=1S/C13H25N3O2.2ClH/c1-3-16-6-7-18-12(9-16)13(17)15-11-8-14-5-4-10(11)2;;/h10-12,14H,3-9H2,1-2H3,(H,15,17);2*1H. The van der Waals surface area contributed by atoms with E-state index in [0.29, 0.717) is 12.5 Å². The largest absolute Gasteiger partial charge is 0.366 e. The highest BCUT2D eigenvalue weighted by Crippen LogP contribution is 2.12. The molecule has 0 saturated carbocycles. The normalized spacial score (nSPS) is 30.8. The van der Waals surface area contributed by atoms with Gasteiger partial charge in [0.1, 0.15) is 6.10 Å². The number of nitrogens with one attached hydrogen (secondary N) is 2. The Morgan fingerprint density at radius 1 is 1.45 bits per heavy atom. The van der Waals surface area contributed by atoms with Crippen LogP contribution < -0.4 is 10.6 Å². The van der Waals surface area contributed by atoms with Crippen molar-refractivity contribution in [1.29, 1.82) is 0 Å². The molecule has 5 nitrogen and oxygen atoms in total. The van der Waals surface area contributed by atoms with E-state index in [1.165, 1.54) is 0 Å². The molecule has 2 aliphatic rings. The molecule has 0 bridgehead atoms. The third-order valence-electron chi connectivity index (χ3n) is 4.05. The zero-order valence-electron chi connectivity index (χ0n) is 12.3. The highest BCUT2D eigenvalue weighted by atomic mass is 35.5. The van der Waals surface area contributed by atoms with Gasteiger partial charge in [0, 0.05) is 25.7 Å². The highest BCUT2D eigenvalue weighted by molar-refractivity contribution is 5.85. The molecule has 2 rings (SSSR count). The number of morpholine rings is 1. The van der Waals surface area contributed by atoms with E-state index in [4.69, 9.17) is 4.74 Å². The minimum Gasteiger partial charge on any atom is -0.366 e. The zero-order chi connectivity index (χ0) is 13.0. The number of ether oxygens (including phenoxy) is 1. The van der Waals surface area contributed by atoms with E-state index in [1.54, 1.807) is 0 Å². The van der Waals surface area contributed by atoms with Crippen molar-refractivity contribution in [3.63, 3.8) is 0 Å². The van der Waals surface area contributed by atoms with Gasteiger partial charge in [-0.1, -0.05) is 13.8 Å². The number of piperidine rings is 1. The SMILES string of the molecule is CCN1CCOC(C(=O)NC2CNCCC2C)C1.Cl.Cl. The minimum atomic E-state index is -0.298. The first kappa shape index (κ1) is 19.9. The molecule has 0 radical (unpaired) electrons. The Morgan fingerprint density at radius 2 is 2.20 bits per heavy atom. The summed E-state index contributed by atoms with van der Waals surface area (Å²) in [4.78, 5) is 14.4. The quantitative estimate of drug-likeness (QED) is 0.799. The van der Waals surface area contributed by atoms with Crippen LogP contribution in [-0.2, 0) is 9.53 Å². The van der Waals surface area contributed by atoms with Gasteiger partial charge in [-0.05, 0) is 25.4 Å². The fourth-order valence-corrected chi connectivity index (χ4v) is 2.61. The number of likely N-dealkylation sites (N-methyl/N-ethyl adjacent to an activating group) is 1. The van der Waals surface area contributed by atoms with Gasteiger partial charge in [0.25, 0.3) is 5.91 Å². The number of carbonyl (C=O) groups excluding carboxylic acids is 1. The summed E-state index contributed by atoms with van der Waals surface area (Å²) in [5.74, 6) is 0.592. The summed E-state index contributed by atoms with van der Waals surface area (Å²) in [5, 5.41) is 6.46. The van der Waals surface area contributed by atoms with E-state index in [9.17, 15) is 4.79 Å². The lowest BCUT2D eigenvalue weighted by Crippen LogP contribution is -2.56. The predicted molar refractivity (Wildman–Crippen MR) is 84.9 cm³/mol. The van der Waals surface area contributed by atoms with Crippen LogP contribution in [-0.4, -0.2) is 62.3 Å². The average molecular weight is 328 g/mol. The molecule has 0 aromatic heterocycles. The molecule has 0 spiro atoms. The second-order valence-corrected chi connectivity index (χ2v) is 5.34. The summed E-state index contributed by atoms with van der Waals surface area (Å²) in [5.41, 5.74) is 0. The van der Waals surface area contributed by atoms with Gasteiger partial charge in [0.2, 0.25) is 0 Å². The molecular weight excluding hydrogens is 301 g/mol. The highest BCUT2D eigenvalue weighted by Gasteiger charge is 2.29. The van der Waals surface area contributed by atoms with Crippen molar-refractivity contribution in [2.45, 2.75) is 32.4 Å². The maximum Gasteiger partial charge on any atom is 0.250 e. The second kappa shape index (κ2) is 9.79. The minimum absolute atomic E-state index is 0. The predicted octanol–water partition coefficient (Wildman–Crippen LogP) is 0.665. The maximum absolute atomic E-state index is 12.2. The molecule has 2 aliphatic heterocycles. The Labute approximate surface area is 134 Å². The molecule has 1 amide bonds. The first-order valence-electron chi connectivity index (χ1n) is 7.05. The van der Waals surface area contributed by atoms with Crippen LogP contribution in [0.5, 0.6) is 0 Å². The lowest BCUT2D eigenvalue weighted by Gasteiger charge is -2.34. The fourth-order valence-electron chi connectivity index (χ4n) is 2.61. The molecule has 2 saturated heterocycles. The van der Waals surface area contributed by atoms with Gasteiger partial charge in [0.05, 0.1) is 6.61 Å². The van der Waals surface area contributed by atoms with Gasteiger partial charge in [0.15, 0.2) is 0 Å². The molecule has 0 aromatic carbocycles. The number of hydrogen-bond donors (Lipinski definition) is 2. The van der Waals surface area contributed by atoms with Crippen LogP contribution in [0, 0.1) is 5.92 Å². The van der Waals surface area contributed by atoms with Crippen molar-refractivity contribution >= 4 is 30.7 Å². The number of rotatable bonds is 3. The van der Waals surface area contributed by atoms with E-state index in [-0.39, 0.29) is 42.9 Å². The summed E-state index contributed by atoms with van der Waals surface area (Å²) >= 11 is 0. The van der Waals surface area contributed by atoms with Gasteiger partial charge in [-0.15, -0.1) is 24.8 Å². The molecule has 2 N–H and O–H groups in total. The summed E-state index contributed by atoms with van der Waals surface area (Å²) in [6, 6.07) is 0.242. The molecule has 120 valence electrons. The molecule has 20 heavy (non-hydrogen) atoms. The topological polar surface area (TPSA) is 53.6 Å². The third-order valence-corrected chi connectivity index (χ3v) is 4.05. The van der Waals surface area contributed by atoms with Crippen LogP contribution >= 0.6 is 24.8 Å². The molecule has 3 atom stereocenters. The fraction of sp³-hybridized carbons (Fsp3) is 0.923. The Hall–Kier alpha value is -0.0700. The van der Waals surface area contributed by atoms with Crippen LogP contribution in [0.15, 0.2) is 0 Å². The smallest absolute Gasteiger partial charge is 0.250 e. The van der Waals surface area contributed by atoms with Gasteiger partial charge >= 0.3 is 0 Å². The summed E-state index contributed by atoms with van der Waals surface area (Å²) < 4.78 is 5.57. The van der Waals surface area contributed by atoms with Crippen LogP contribution in [0.4, 0.5) is 0 Å². The number of amides is 1. The Bertz CT molecular complexity index is 295. The first-order chi connectivity index (χ1) is 8.70. The Balaban J connectivity index is 0.00000180. The second-order valence-electron chi connectivity index (χ2n) is 5.34. The zero-order valence-corrected chi connectivity index (χ0v) is 13.9. The monoisotopic (exact) mass is 327 g/mol. The van der Waals surface area contributed by atoms with Crippen molar-refractivity contribution in [2.75, 3.05) is 39.3 Å². The number of carbonyl (C=O) groups is 1. The van der Waals surface area contributed by atoms with Crippen molar-refractivity contribution < 1.29 is 9.53 Å². The van der Waals surface area contributed by atoms with Crippen LogP contribution in [0.1, 0.15) is 20.3 Å². The van der Waals surface area contributed by atoms with Crippen LogP contribution in [0.25, 0.3) is 0 Å². The Morgan fingerprint density at radius 3 is 2.85 bits per heavy atom. The van der Waals surface area contributed by atoms with Crippen LogP contribution in [0.3, 0.4) is 0 Å². The lowest BCUT2D eigenvalue weighted by molar-refractivity contribution is -0.139. The molecule has 7 heteroatoms. The van der Waals surface area contributed by atoms with Gasteiger partial charge in [-0.3, -0.25) is 9.69 Å². The van der Waals surface area contributed by atoms with Crippen molar-refractivity contribution in [3.8, 4) is 0 Å². The molecule has 3 unspecified atom stereocenters. The third kappa shape index (κ3) is 5.37. The van der Waals surface area contributed by atoms with E-state index in [2.05, 4.69) is 29.4 Å². The van der Waals surface area contributed by atoms with Crippen LogP contribution in [0.2, 0.25) is 0 Å². The molecule has 2 fully saturated rings. The molecule has 0 aromatic rings. The average Bonchev–Trinajstić information content (AvgIpc) is 2.41. The Kier molecular flexibility index (Phi) is 9.76. The van der Waals surface area contributed by atoms with E-state index in [0.717, 1.165) is 39.1 Å². The summed E-state index contributed by atoms with van der Waals surface area (Å²) in [6.45, 7) is 9.53. The molecular formula is C13H27Cl2N3O2. The van der Waals surface area contributed by atoms with Crippen molar-refractivity contribution in [2.24, 2.45) is 5.92 Å². The molecule has 2 heterocycles. The van der Waals surface area contributed by atoms with Gasteiger partial charge < -0.3 is 15.4 Å². The maximum atomic E-state index is 12.2.